The normalized spacial score (nSPS) is 11.2. The molecule has 0 saturated carbocycles. The van der Waals surface area contributed by atoms with Gasteiger partial charge >= 0.3 is 0 Å². The Labute approximate surface area is 153 Å². The third kappa shape index (κ3) is 3.38. The number of hydrogen-bond acceptors (Lipinski definition) is 5. The fourth-order valence-electron chi connectivity index (χ4n) is 2.65. The van der Waals surface area contributed by atoms with Gasteiger partial charge in [0.1, 0.15) is 0 Å². The predicted octanol–water partition coefficient (Wildman–Crippen LogP) is 3.60. The quantitative estimate of drug-likeness (QED) is 0.505. The summed E-state index contributed by atoms with van der Waals surface area (Å²) in [5.41, 5.74) is 2.92. The van der Waals surface area contributed by atoms with Crippen molar-refractivity contribution >= 4 is 28.1 Å². The minimum Gasteiger partial charge on any atom is -0.322 e. The van der Waals surface area contributed by atoms with Gasteiger partial charge in [-0.1, -0.05) is 42.1 Å². The second kappa shape index (κ2) is 6.85. The summed E-state index contributed by atoms with van der Waals surface area (Å²) >= 11 is 3.09. The molecule has 0 N–H and O–H groups in total. The predicted molar refractivity (Wildman–Crippen MR) is 101 cm³/mol. The van der Waals surface area contributed by atoms with Crippen LogP contribution in [0.25, 0.3) is 4.96 Å². The van der Waals surface area contributed by atoms with E-state index in [0.29, 0.717) is 5.75 Å². The Morgan fingerprint density at radius 2 is 2.08 bits per heavy atom. The van der Waals surface area contributed by atoms with E-state index in [0.717, 1.165) is 28.0 Å². The Kier molecular flexibility index (Phi) is 4.42. The molecule has 0 fully saturated rings. The van der Waals surface area contributed by atoms with Crippen LogP contribution in [-0.2, 0) is 12.3 Å². The van der Waals surface area contributed by atoms with Gasteiger partial charge in [0.2, 0.25) is 0 Å². The van der Waals surface area contributed by atoms with Crippen molar-refractivity contribution in [2.24, 2.45) is 0 Å². The molecule has 0 aliphatic rings. The summed E-state index contributed by atoms with van der Waals surface area (Å²) in [6.07, 6.45) is 3.78. The van der Waals surface area contributed by atoms with Crippen LogP contribution in [0, 0.1) is 6.92 Å². The molecule has 0 unspecified atom stereocenters. The van der Waals surface area contributed by atoms with Crippen LogP contribution in [-0.4, -0.2) is 18.9 Å². The van der Waals surface area contributed by atoms with E-state index in [2.05, 4.69) is 26.7 Å². The Bertz CT molecular complexity index is 1070. The second-order valence-electron chi connectivity index (χ2n) is 5.69. The van der Waals surface area contributed by atoms with Gasteiger partial charge in [0.25, 0.3) is 5.56 Å². The van der Waals surface area contributed by atoms with Crippen molar-refractivity contribution < 1.29 is 0 Å². The lowest BCUT2D eigenvalue weighted by atomic mass is 10.2. The van der Waals surface area contributed by atoms with E-state index in [1.54, 1.807) is 28.4 Å². The third-order valence-electron chi connectivity index (χ3n) is 3.85. The Morgan fingerprint density at radius 3 is 2.92 bits per heavy atom. The van der Waals surface area contributed by atoms with Gasteiger partial charge in [-0.2, -0.15) is 0 Å². The Hall–Kier alpha value is -2.38. The maximum Gasteiger partial charge on any atom is 0.258 e. The Balaban J connectivity index is 1.52. The van der Waals surface area contributed by atoms with Crippen LogP contribution in [0.3, 0.4) is 0 Å². The zero-order chi connectivity index (χ0) is 17.2. The third-order valence-corrected chi connectivity index (χ3v) is 5.83. The first-order valence-corrected chi connectivity index (χ1v) is 9.72. The molecule has 0 saturated heterocycles. The van der Waals surface area contributed by atoms with Crippen molar-refractivity contribution in [1.82, 2.24) is 18.9 Å². The van der Waals surface area contributed by atoms with E-state index >= 15 is 0 Å². The highest BCUT2D eigenvalue weighted by Crippen LogP contribution is 2.22. The Morgan fingerprint density at radius 1 is 1.24 bits per heavy atom. The minimum absolute atomic E-state index is 0.0213. The fourth-order valence-corrected chi connectivity index (χ4v) is 4.39. The number of aromatic nitrogens is 4. The molecule has 4 rings (SSSR count). The van der Waals surface area contributed by atoms with Gasteiger partial charge in [-0.15, -0.1) is 11.3 Å². The second-order valence-corrected chi connectivity index (χ2v) is 7.47. The summed E-state index contributed by atoms with van der Waals surface area (Å²) in [4.78, 5) is 22.0. The molecule has 1 aromatic carbocycles. The molecule has 7 heteroatoms. The minimum atomic E-state index is -0.0213. The molecule has 0 amide bonds. The van der Waals surface area contributed by atoms with Crippen LogP contribution in [0.15, 0.2) is 64.1 Å². The first-order chi connectivity index (χ1) is 12.2. The highest BCUT2D eigenvalue weighted by molar-refractivity contribution is 7.98. The zero-order valence-corrected chi connectivity index (χ0v) is 15.3. The van der Waals surface area contributed by atoms with Gasteiger partial charge in [0.05, 0.1) is 5.69 Å². The number of imidazole rings is 1. The van der Waals surface area contributed by atoms with Crippen molar-refractivity contribution in [2.75, 3.05) is 0 Å². The monoisotopic (exact) mass is 368 g/mol. The van der Waals surface area contributed by atoms with E-state index in [9.17, 15) is 4.79 Å². The van der Waals surface area contributed by atoms with E-state index in [-0.39, 0.29) is 5.56 Å². The molecule has 0 atom stereocenters. The van der Waals surface area contributed by atoms with Gasteiger partial charge in [-0.05, 0) is 12.5 Å². The fraction of sp³-hybridized carbons (Fsp3) is 0.167. The SMILES string of the molecule is Cc1csc2nc(CSc3nccn3Cc3ccccc3)cc(=O)n12. The van der Waals surface area contributed by atoms with E-state index in [1.807, 2.05) is 36.7 Å². The lowest BCUT2D eigenvalue weighted by Crippen LogP contribution is -2.14. The molecule has 0 spiro atoms. The molecule has 3 aromatic heterocycles. The van der Waals surface area contributed by atoms with Crippen LogP contribution in [0.5, 0.6) is 0 Å². The molecule has 5 nitrogen and oxygen atoms in total. The average Bonchev–Trinajstić information content (AvgIpc) is 3.21. The summed E-state index contributed by atoms with van der Waals surface area (Å²) in [6, 6.07) is 11.9. The molecular formula is C18H16N4OS2. The first-order valence-electron chi connectivity index (χ1n) is 7.85. The molecule has 0 bridgehead atoms. The lowest BCUT2D eigenvalue weighted by molar-refractivity contribution is 0.708. The van der Waals surface area contributed by atoms with Crippen molar-refractivity contribution in [3.8, 4) is 0 Å². The summed E-state index contributed by atoms with van der Waals surface area (Å²) in [5, 5.41) is 2.88. The maximum absolute atomic E-state index is 12.3. The molecule has 126 valence electrons. The molecule has 0 radical (unpaired) electrons. The summed E-state index contributed by atoms with van der Waals surface area (Å²) < 4.78 is 3.76. The number of thiazole rings is 1. The van der Waals surface area contributed by atoms with Gasteiger partial charge in [0, 0.05) is 41.8 Å². The van der Waals surface area contributed by atoms with Gasteiger partial charge in [0.15, 0.2) is 10.1 Å². The zero-order valence-electron chi connectivity index (χ0n) is 13.6. The van der Waals surface area contributed by atoms with Crippen LogP contribution < -0.4 is 5.56 Å². The largest absolute Gasteiger partial charge is 0.322 e. The molecular weight excluding hydrogens is 352 g/mol. The number of aryl methyl sites for hydroxylation is 1. The molecule has 3 heterocycles. The average molecular weight is 368 g/mol. The van der Waals surface area contributed by atoms with Crippen molar-refractivity contribution in [2.45, 2.75) is 24.4 Å². The van der Waals surface area contributed by atoms with Crippen LogP contribution in [0.1, 0.15) is 17.0 Å². The summed E-state index contributed by atoms with van der Waals surface area (Å²) in [6.45, 7) is 2.70. The van der Waals surface area contributed by atoms with Gasteiger partial charge < -0.3 is 4.57 Å². The van der Waals surface area contributed by atoms with Crippen LogP contribution in [0.2, 0.25) is 0 Å². The van der Waals surface area contributed by atoms with E-state index in [4.69, 9.17) is 0 Å². The highest BCUT2D eigenvalue weighted by atomic mass is 32.2. The molecule has 25 heavy (non-hydrogen) atoms. The molecule has 0 aliphatic carbocycles. The van der Waals surface area contributed by atoms with Gasteiger partial charge in [-0.25, -0.2) is 9.97 Å². The summed E-state index contributed by atoms with van der Waals surface area (Å²) in [7, 11) is 0. The molecule has 4 aromatic rings. The maximum atomic E-state index is 12.3. The van der Waals surface area contributed by atoms with E-state index in [1.165, 1.54) is 16.9 Å². The number of hydrogen-bond donors (Lipinski definition) is 0. The topological polar surface area (TPSA) is 52.2 Å². The first kappa shape index (κ1) is 16.1. The number of rotatable bonds is 5. The van der Waals surface area contributed by atoms with Crippen LogP contribution >= 0.6 is 23.1 Å². The summed E-state index contributed by atoms with van der Waals surface area (Å²) in [5.74, 6) is 0.620. The molecule has 0 aliphatic heterocycles. The number of nitrogens with zero attached hydrogens (tertiary/aromatic N) is 4. The standard InChI is InChI=1S/C18H16N4OS2/c1-13-11-24-18-20-15(9-16(23)22(13)18)12-25-17-19-7-8-21(17)10-14-5-3-2-4-6-14/h2-9,11H,10,12H2,1H3. The smallest absolute Gasteiger partial charge is 0.258 e. The van der Waals surface area contributed by atoms with Crippen molar-refractivity contribution in [1.29, 1.82) is 0 Å². The number of fused-ring (bicyclic) bond motifs is 1. The number of benzene rings is 1. The van der Waals surface area contributed by atoms with Crippen molar-refractivity contribution in [3.05, 3.63) is 81.5 Å². The van der Waals surface area contributed by atoms with Gasteiger partial charge in [-0.3, -0.25) is 9.20 Å². The lowest BCUT2D eigenvalue weighted by Gasteiger charge is -2.07. The number of thioether (sulfide) groups is 1. The van der Waals surface area contributed by atoms with E-state index < -0.39 is 0 Å². The van der Waals surface area contributed by atoms with Crippen molar-refractivity contribution in [3.63, 3.8) is 0 Å². The van der Waals surface area contributed by atoms with Crippen LogP contribution in [0.4, 0.5) is 0 Å². The highest BCUT2D eigenvalue weighted by Gasteiger charge is 2.09.